The summed E-state index contributed by atoms with van der Waals surface area (Å²) in [5, 5.41) is 11.1. The highest BCUT2D eigenvalue weighted by Gasteiger charge is 2.29. The number of nitrogens with one attached hydrogen (secondary N) is 2. The predicted octanol–water partition coefficient (Wildman–Crippen LogP) is 1.40. The fourth-order valence-corrected chi connectivity index (χ4v) is 5.43. The van der Waals surface area contributed by atoms with Gasteiger partial charge >= 0.3 is 0 Å². The second-order valence-electron chi connectivity index (χ2n) is 9.10. The Balaban J connectivity index is 1.56. The lowest BCUT2D eigenvalue weighted by atomic mass is 9.99. The van der Waals surface area contributed by atoms with Crippen LogP contribution in [0.1, 0.15) is 39.6 Å². The smallest absolute Gasteiger partial charge is 0.241 e. The number of methoxy groups -OCH3 is 2. The van der Waals surface area contributed by atoms with Crippen LogP contribution < -0.4 is 14.8 Å². The minimum atomic E-state index is -4.02. The third kappa shape index (κ3) is 6.87. The molecule has 0 unspecified atom stereocenters. The number of hydrogen-bond acceptors (Lipinski definition) is 9. The standard InChI is InChI=1S/C26H31N5O7S/c1-17-4-7-20(8-5-17)39(34,35)29-22(26(33)27-14-25(36-2)37-3)13-19-15-31(30-28-19)23-10-11-38-24-12-18(16-32)6-9-21(23)24/h4-9,12,15-16,22-23,25,29H,10-11,13-14H2,1-3H3,(H,27,33)/t22-,23-/m1/s1. The van der Waals surface area contributed by atoms with Gasteiger partial charge in [-0.05, 0) is 25.1 Å². The van der Waals surface area contributed by atoms with Crippen LogP contribution in [0.3, 0.4) is 0 Å². The molecule has 2 N–H and O–H groups in total. The summed E-state index contributed by atoms with van der Waals surface area (Å²) in [5.41, 5.74) is 2.67. The van der Waals surface area contributed by atoms with Crippen molar-refractivity contribution in [1.82, 2.24) is 25.0 Å². The number of hydrogen-bond donors (Lipinski definition) is 2. The fraction of sp³-hybridized carbons (Fsp3) is 0.385. The van der Waals surface area contributed by atoms with Crippen LogP contribution in [-0.4, -0.2) is 75.3 Å². The molecule has 0 bridgehead atoms. The van der Waals surface area contributed by atoms with Gasteiger partial charge in [-0.3, -0.25) is 9.59 Å². The lowest BCUT2D eigenvalue weighted by molar-refractivity contribution is -0.128. The predicted molar refractivity (Wildman–Crippen MR) is 140 cm³/mol. The van der Waals surface area contributed by atoms with Gasteiger partial charge < -0.3 is 19.5 Å². The van der Waals surface area contributed by atoms with Crippen molar-refractivity contribution in [2.45, 2.75) is 43.0 Å². The SMILES string of the molecule is COC(CNC(=O)[C@@H](Cc1cn([C@@H]2CCOc3cc(C=O)ccc32)nn1)NS(=O)(=O)c1ccc(C)cc1)OC. The van der Waals surface area contributed by atoms with Crippen LogP contribution in [0.25, 0.3) is 0 Å². The van der Waals surface area contributed by atoms with E-state index in [1.807, 2.05) is 13.0 Å². The van der Waals surface area contributed by atoms with E-state index in [2.05, 4.69) is 20.4 Å². The molecule has 2 atom stereocenters. The first-order valence-electron chi connectivity index (χ1n) is 12.3. The van der Waals surface area contributed by atoms with Gasteiger partial charge in [0.15, 0.2) is 6.29 Å². The maximum absolute atomic E-state index is 13.1. The van der Waals surface area contributed by atoms with Crippen LogP contribution in [0, 0.1) is 6.92 Å². The Morgan fingerprint density at radius 2 is 1.95 bits per heavy atom. The van der Waals surface area contributed by atoms with E-state index in [0.29, 0.717) is 30.0 Å². The lowest BCUT2D eigenvalue weighted by Crippen LogP contribution is -2.49. The number of nitrogens with zero attached hydrogens (tertiary/aromatic N) is 3. The third-order valence-electron chi connectivity index (χ3n) is 6.39. The molecular weight excluding hydrogens is 526 g/mol. The Kier molecular flexibility index (Phi) is 9.07. The second kappa shape index (κ2) is 12.5. The first-order chi connectivity index (χ1) is 18.7. The van der Waals surface area contributed by atoms with Crippen molar-refractivity contribution in [3.8, 4) is 5.75 Å². The Labute approximate surface area is 226 Å². The molecule has 0 fully saturated rings. The summed E-state index contributed by atoms with van der Waals surface area (Å²) >= 11 is 0. The molecule has 39 heavy (non-hydrogen) atoms. The molecule has 0 aliphatic carbocycles. The van der Waals surface area contributed by atoms with Crippen molar-refractivity contribution in [3.05, 3.63) is 71.0 Å². The molecule has 1 aliphatic rings. The molecule has 2 aromatic carbocycles. The number of benzene rings is 2. The van der Waals surface area contributed by atoms with Crippen LogP contribution >= 0.6 is 0 Å². The highest BCUT2D eigenvalue weighted by Crippen LogP contribution is 2.34. The first kappa shape index (κ1) is 28.4. The van der Waals surface area contributed by atoms with E-state index in [-0.39, 0.29) is 23.9 Å². The van der Waals surface area contributed by atoms with E-state index in [4.69, 9.17) is 14.2 Å². The molecule has 13 heteroatoms. The number of carbonyl (C=O) groups is 2. The lowest BCUT2D eigenvalue weighted by Gasteiger charge is -2.26. The van der Waals surface area contributed by atoms with Gasteiger partial charge in [0.05, 0.1) is 29.8 Å². The molecule has 0 saturated heterocycles. The molecule has 208 valence electrons. The summed E-state index contributed by atoms with van der Waals surface area (Å²) in [4.78, 5) is 24.3. The fourth-order valence-electron chi connectivity index (χ4n) is 4.23. The zero-order valence-electron chi connectivity index (χ0n) is 21.9. The molecule has 0 spiro atoms. The Morgan fingerprint density at radius 1 is 1.21 bits per heavy atom. The molecule has 3 aromatic rings. The summed E-state index contributed by atoms with van der Waals surface area (Å²) in [6.07, 6.45) is 2.31. The molecule has 4 rings (SSSR count). The molecule has 0 radical (unpaired) electrons. The zero-order chi connectivity index (χ0) is 28.0. The number of amides is 1. The molecular formula is C26H31N5O7S. The average Bonchev–Trinajstić information content (AvgIpc) is 3.40. The summed E-state index contributed by atoms with van der Waals surface area (Å²) < 4.78 is 46.3. The summed E-state index contributed by atoms with van der Waals surface area (Å²) in [7, 11) is -1.15. The van der Waals surface area contributed by atoms with Gasteiger partial charge in [-0.2, -0.15) is 4.72 Å². The number of ether oxygens (including phenoxy) is 3. The number of aromatic nitrogens is 3. The van der Waals surface area contributed by atoms with Crippen LogP contribution in [0.4, 0.5) is 0 Å². The van der Waals surface area contributed by atoms with E-state index in [1.165, 1.54) is 26.4 Å². The van der Waals surface area contributed by atoms with Gasteiger partial charge in [0, 0.05) is 44.4 Å². The number of carbonyl (C=O) groups excluding carboxylic acids is 2. The number of fused-ring (bicyclic) bond motifs is 1. The summed E-state index contributed by atoms with van der Waals surface area (Å²) in [5.74, 6) is 0.0268. The van der Waals surface area contributed by atoms with Gasteiger partial charge in [0.1, 0.15) is 18.1 Å². The van der Waals surface area contributed by atoms with Crippen molar-refractivity contribution in [1.29, 1.82) is 0 Å². The van der Waals surface area contributed by atoms with Crippen LogP contribution in [0.15, 0.2) is 53.6 Å². The van der Waals surface area contributed by atoms with E-state index in [1.54, 1.807) is 35.1 Å². The summed E-state index contributed by atoms with van der Waals surface area (Å²) in [6.45, 7) is 2.29. The average molecular weight is 558 g/mol. The first-order valence-corrected chi connectivity index (χ1v) is 13.8. The van der Waals surface area contributed by atoms with Crippen LogP contribution in [-0.2, 0) is 30.7 Å². The normalized spacial score (nSPS) is 15.8. The Bertz CT molecular complexity index is 1400. The Hall–Kier alpha value is -3.65. The maximum Gasteiger partial charge on any atom is 0.241 e. The van der Waals surface area contributed by atoms with Crippen molar-refractivity contribution < 1.29 is 32.2 Å². The van der Waals surface area contributed by atoms with Crippen molar-refractivity contribution >= 4 is 22.2 Å². The van der Waals surface area contributed by atoms with Crippen molar-refractivity contribution in [3.63, 3.8) is 0 Å². The van der Waals surface area contributed by atoms with E-state index < -0.39 is 28.3 Å². The number of aryl methyl sites for hydroxylation is 1. The summed E-state index contributed by atoms with van der Waals surface area (Å²) in [6, 6.07) is 10.1. The second-order valence-corrected chi connectivity index (χ2v) is 10.8. The highest BCUT2D eigenvalue weighted by atomic mass is 32.2. The van der Waals surface area contributed by atoms with Gasteiger partial charge in [-0.15, -0.1) is 5.10 Å². The minimum absolute atomic E-state index is 0.0168. The minimum Gasteiger partial charge on any atom is -0.493 e. The van der Waals surface area contributed by atoms with Gasteiger partial charge in [0.25, 0.3) is 0 Å². The molecule has 0 saturated carbocycles. The number of rotatable bonds is 12. The topological polar surface area (TPSA) is 151 Å². The van der Waals surface area contributed by atoms with Crippen molar-refractivity contribution in [2.24, 2.45) is 0 Å². The van der Waals surface area contributed by atoms with E-state index in [0.717, 1.165) is 17.4 Å². The van der Waals surface area contributed by atoms with Gasteiger partial charge in [0.2, 0.25) is 15.9 Å². The molecule has 2 heterocycles. The van der Waals surface area contributed by atoms with Gasteiger partial charge in [-0.25, -0.2) is 13.1 Å². The van der Waals surface area contributed by atoms with Crippen molar-refractivity contribution in [2.75, 3.05) is 27.4 Å². The van der Waals surface area contributed by atoms with E-state index >= 15 is 0 Å². The molecule has 1 aromatic heterocycles. The number of sulfonamides is 1. The van der Waals surface area contributed by atoms with Crippen LogP contribution in [0.5, 0.6) is 5.75 Å². The van der Waals surface area contributed by atoms with E-state index in [9.17, 15) is 18.0 Å². The monoisotopic (exact) mass is 557 g/mol. The molecule has 12 nitrogen and oxygen atoms in total. The third-order valence-corrected chi connectivity index (χ3v) is 7.87. The zero-order valence-corrected chi connectivity index (χ0v) is 22.7. The Morgan fingerprint density at radius 3 is 2.64 bits per heavy atom. The molecule has 1 aliphatic heterocycles. The van der Waals surface area contributed by atoms with Crippen LogP contribution in [0.2, 0.25) is 0 Å². The number of aldehydes is 1. The quantitative estimate of drug-likeness (QED) is 0.249. The largest absolute Gasteiger partial charge is 0.493 e. The van der Waals surface area contributed by atoms with Gasteiger partial charge in [-0.1, -0.05) is 35.0 Å². The molecule has 1 amide bonds. The highest BCUT2D eigenvalue weighted by molar-refractivity contribution is 7.89. The maximum atomic E-state index is 13.1.